The minimum Gasteiger partial charge on any atom is -0.365 e. The van der Waals surface area contributed by atoms with E-state index < -0.39 is 5.82 Å². The SMILES string of the molecule is Cc1ccc(NC2CC3CC2N(C(=O)c2cccnc2-c2ncccc2F)C3)nc1. The zero-order valence-corrected chi connectivity index (χ0v) is 16.6. The number of carbonyl (C=O) groups excluding carboxylic acids is 1. The molecule has 1 N–H and O–H groups in total. The number of hydrogen-bond donors (Lipinski definition) is 1. The second-order valence-electron chi connectivity index (χ2n) is 8.07. The molecule has 1 aliphatic carbocycles. The molecule has 0 radical (unpaired) electrons. The van der Waals surface area contributed by atoms with Crippen LogP contribution in [0.5, 0.6) is 0 Å². The van der Waals surface area contributed by atoms with E-state index >= 15 is 0 Å². The van der Waals surface area contributed by atoms with Gasteiger partial charge in [0.2, 0.25) is 0 Å². The summed E-state index contributed by atoms with van der Waals surface area (Å²) in [5.41, 5.74) is 1.88. The number of aromatic nitrogens is 3. The van der Waals surface area contributed by atoms with Crippen LogP contribution in [-0.2, 0) is 0 Å². The number of nitrogens with zero attached hydrogens (tertiary/aromatic N) is 4. The summed E-state index contributed by atoms with van der Waals surface area (Å²) in [5, 5.41) is 3.50. The maximum atomic E-state index is 14.3. The lowest BCUT2D eigenvalue weighted by molar-refractivity contribution is 0.0692. The Balaban J connectivity index is 1.41. The number of carbonyl (C=O) groups is 1. The zero-order valence-electron chi connectivity index (χ0n) is 16.6. The quantitative estimate of drug-likeness (QED) is 0.719. The molecule has 1 amide bonds. The summed E-state index contributed by atoms with van der Waals surface area (Å²) in [6, 6.07) is 10.5. The molecular formula is C23H22FN5O. The highest BCUT2D eigenvalue weighted by Gasteiger charge is 2.47. The molecule has 0 spiro atoms. The third-order valence-corrected chi connectivity index (χ3v) is 6.01. The molecule has 1 saturated heterocycles. The van der Waals surface area contributed by atoms with Crippen LogP contribution in [0.1, 0.15) is 28.8 Å². The number of amides is 1. The van der Waals surface area contributed by atoms with Gasteiger partial charge in [-0.25, -0.2) is 9.37 Å². The highest BCUT2D eigenvalue weighted by atomic mass is 19.1. The zero-order chi connectivity index (χ0) is 20.7. The summed E-state index contributed by atoms with van der Waals surface area (Å²) >= 11 is 0. The van der Waals surface area contributed by atoms with Crippen LogP contribution in [0.4, 0.5) is 10.2 Å². The maximum Gasteiger partial charge on any atom is 0.256 e. The lowest BCUT2D eigenvalue weighted by Crippen LogP contribution is -2.47. The molecule has 1 aliphatic heterocycles. The van der Waals surface area contributed by atoms with E-state index in [2.05, 4.69) is 20.3 Å². The second-order valence-corrected chi connectivity index (χ2v) is 8.07. The van der Waals surface area contributed by atoms with E-state index in [9.17, 15) is 9.18 Å². The fraction of sp³-hybridized carbons (Fsp3) is 0.304. The maximum absolute atomic E-state index is 14.3. The molecule has 5 rings (SSSR count). The van der Waals surface area contributed by atoms with Gasteiger partial charge in [-0.3, -0.25) is 14.8 Å². The van der Waals surface area contributed by atoms with Gasteiger partial charge < -0.3 is 10.2 Å². The van der Waals surface area contributed by atoms with E-state index in [0.717, 1.165) is 24.2 Å². The van der Waals surface area contributed by atoms with Crippen LogP contribution in [0, 0.1) is 18.7 Å². The van der Waals surface area contributed by atoms with E-state index in [-0.39, 0.29) is 29.4 Å². The van der Waals surface area contributed by atoms with Crippen LogP contribution >= 0.6 is 0 Å². The van der Waals surface area contributed by atoms with E-state index in [1.165, 1.54) is 18.3 Å². The Morgan fingerprint density at radius 1 is 1.07 bits per heavy atom. The summed E-state index contributed by atoms with van der Waals surface area (Å²) in [5.74, 6) is 0.661. The van der Waals surface area contributed by atoms with E-state index in [1.807, 2.05) is 30.2 Å². The fourth-order valence-electron chi connectivity index (χ4n) is 4.64. The summed E-state index contributed by atoms with van der Waals surface area (Å²) in [4.78, 5) is 28.2. The average Bonchev–Trinajstić information content (AvgIpc) is 3.36. The van der Waals surface area contributed by atoms with Gasteiger partial charge in [0.05, 0.1) is 11.6 Å². The monoisotopic (exact) mass is 403 g/mol. The second kappa shape index (κ2) is 7.48. The number of anilines is 1. The van der Waals surface area contributed by atoms with Crippen LogP contribution in [0.2, 0.25) is 0 Å². The van der Waals surface area contributed by atoms with Gasteiger partial charge in [0.15, 0.2) is 5.82 Å². The topological polar surface area (TPSA) is 71.0 Å². The number of halogens is 1. The van der Waals surface area contributed by atoms with Crippen molar-refractivity contribution in [1.29, 1.82) is 0 Å². The summed E-state index contributed by atoms with van der Waals surface area (Å²) < 4.78 is 14.3. The largest absolute Gasteiger partial charge is 0.365 e. The number of fused-ring (bicyclic) bond motifs is 2. The van der Waals surface area contributed by atoms with Crippen LogP contribution in [0.3, 0.4) is 0 Å². The van der Waals surface area contributed by atoms with Crippen LogP contribution in [-0.4, -0.2) is 44.4 Å². The molecule has 0 aromatic carbocycles. The minimum atomic E-state index is -0.488. The Morgan fingerprint density at radius 2 is 1.87 bits per heavy atom. The number of hydrogen-bond acceptors (Lipinski definition) is 5. The van der Waals surface area contributed by atoms with Crippen molar-refractivity contribution in [1.82, 2.24) is 19.9 Å². The normalized spacial score (nSPS) is 22.3. The predicted molar refractivity (Wildman–Crippen MR) is 111 cm³/mol. The molecule has 7 heteroatoms. The van der Waals surface area contributed by atoms with Gasteiger partial charge in [-0.05, 0) is 61.6 Å². The first-order valence-corrected chi connectivity index (χ1v) is 10.2. The van der Waals surface area contributed by atoms with Gasteiger partial charge in [0.25, 0.3) is 5.91 Å². The van der Waals surface area contributed by atoms with Gasteiger partial charge in [-0.15, -0.1) is 0 Å². The highest BCUT2D eigenvalue weighted by molar-refractivity contribution is 6.00. The number of piperidine rings is 1. The third kappa shape index (κ3) is 3.30. The van der Waals surface area contributed by atoms with Crippen molar-refractivity contribution in [2.75, 3.05) is 11.9 Å². The number of rotatable bonds is 4. The number of likely N-dealkylation sites (tertiary alicyclic amines) is 1. The Morgan fingerprint density at radius 3 is 2.60 bits per heavy atom. The van der Waals surface area contributed by atoms with Gasteiger partial charge in [-0.1, -0.05) is 6.07 Å². The molecular weight excluding hydrogens is 381 g/mol. The average molecular weight is 403 g/mol. The van der Waals surface area contributed by atoms with Crippen LogP contribution < -0.4 is 5.32 Å². The molecule has 1 saturated carbocycles. The van der Waals surface area contributed by atoms with Crippen molar-refractivity contribution in [3.63, 3.8) is 0 Å². The van der Waals surface area contributed by atoms with Crippen molar-refractivity contribution in [3.05, 3.63) is 71.9 Å². The van der Waals surface area contributed by atoms with E-state index in [0.29, 0.717) is 18.0 Å². The Labute approximate surface area is 174 Å². The number of aryl methyl sites for hydroxylation is 1. The van der Waals surface area contributed by atoms with Gasteiger partial charge in [0, 0.05) is 31.2 Å². The van der Waals surface area contributed by atoms with Crippen molar-refractivity contribution in [3.8, 4) is 11.4 Å². The smallest absolute Gasteiger partial charge is 0.256 e. The van der Waals surface area contributed by atoms with Crippen molar-refractivity contribution in [2.24, 2.45) is 5.92 Å². The minimum absolute atomic E-state index is 0.0761. The van der Waals surface area contributed by atoms with Gasteiger partial charge in [-0.2, -0.15) is 0 Å². The number of pyridine rings is 3. The van der Waals surface area contributed by atoms with Crippen molar-refractivity contribution in [2.45, 2.75) is 31.8 Å². The Bertz CT molecular complexity index is 1090. The highest BCUT2D eigenvalue weighted by Crippen LogP contribution is 2.40. The first-order valence-electron chi connectivity index (χ1n) is 10.2. The van der Waals surface area contributed by atoms with E-state index in [1.54, 1.807) is 18.3 Å². The van der Waals surface area contributed by atoms with Crippen LogP contribution in [0.15, 0.2) is 55.0 Å². The predicted octanol–water partition coefficient (Wildman–Crippen LogP) is 3.70. The van der Waals surface area contributed by atoms with Gasteiger partial charge in [0.1, 0.15) is 17.2 Å². The van der Waals surface area contributed by atoms with Crippen LogP contribution in [0.25, 0.3) is 11.4 Å². The standard InChI is InChI=1S/C23H22FN5O/c1-14-6-7-20(27-12-14)28-18-10-15-11-19(18)29(13-15)23(30)16-4-2-8-25-21(16)22-17(24)5-3-9-26-22/h2-9,12,15,18-19H,10-11,13H2,1H3,(H,27,28). The molecule has 3 aromatic rings. The lowest BCUT2D eigenvalue weighted by atomic mass is 10.0. The Hall–Kier alpha value is -3.35. The van der Waals surface area contributed by atoms with Crippen molar-refractivity contribution < 1.29 is 9.18 Å². The third-order valence-electron chi connectivity index (χ3n) is 6.01. The molecule has 152 valence electrons. The molecule has 3 unspecified atom stereocenters. The van der Waals surface area contributed by atoms with E-state index in [4.69, 9.17) is 0 Å². The van der Waals surface area contributed by atoms with Crippen molar-refractivity contribution >= 4 is 11.7 Å². The molecule has 3 atom stereocenters. The molecule has 6 nitrogen and oxygen atoms in total. The molecule has 2 bridgehead atoms. The first kappa shape index (κ1) is 18.7. The molecule has 2 aliphatic rings. The molecule has 3 aromatic heterocycles. The Kier molecular flexibility index (Phi) is 4.65. The molecule has 2 fully saturated rings. The molecule has 30 heavy (non-hydrogen) atoms. The fourth-order valence-corrected chi connectivity index (χ4v) is 4.64. The lowest BCUT2D eigenvalue weighted by Gasteiger charge is -2.34. The first-order chi connectivity index (χ1) is 14.6. The number of nitrogens with one attached hydrogen (secondary N) is 1. The summed E-state index contributed by atoms with van der Waals surface area (Å²) in [6.07, 6.45) is 6.88. The summed E-state index contributed by atoms with van der Waals surface area (Å²) in [6.45, 7) is 2.71. The summed E-state index contributed by atoms with van der Waals surface area (Å²) in [7, 11) is 0. The van der Waals surface area contributed by atoms with Gasteiger partial charge >= 0.3 is 0 Å². The molecule has 4 heterocycles.